The van der Waals surface area contributed by atoms with Crippen LogP contribution in [-0.4, -0.2) is 39.9 Å². The zero-order valence-corrected chi connectivity index (χ0v) is 16.2. The summed E-state index contributed by atoms with van der Waals surface area (Å²) in [5.74, 6) is 1.45. The Morgan fingerprint density at radius 2 is 1.86 bits per heavy atom. The number of amides is 1. The smallest absolute Gasteiger partial charge is 0.259 e. The number of hydrogen-bond donors (Lipinski definition) is 1. The van der Waals surface area contributed by atoms with Crippen molar-refractivity contribution in [3.05, 3.63) is 66.0 Å². The van der Waals surface area contributed by atoms with Crippen LogP contribution in [0, 0.1) is 6.92 Å². The van der Waals surface area contributed by atoms with Crippen molar-refractivity contribution in [2.75, 3.05) is 19.5 Å². The lowest BCUT2D eigenvalue weighted by Gasteiger charge is -2.11. The van der Waals surface area contributed by atoms with Crippen molar-refractivity contribution in [1.82, 2.24) is 19.8 Å². The van der Waals surface area contributed by atoms with Gasteiger partial charge < -0.3 is 14.8 Å². The molecule has 0 saturated heterocycles. The van der Waals surface area contributed by atoms with Gasteiger partial charge >= 0.3 is 0 Å². The molecule has 0 saturated carbocycles. The number of methoxy groups -OCH3 is 2. The summed E-state index contributed by atoms with van der Waals surface area (Å²) in [5, 5.41) is 15.5. The Bertz CT molecular complexity index is 1200. The number of ether oxygens (including phenoxy) is 2. The number of benzene rings is 2. The number of fused-ring (bicyclic) bond motifs is 1. The molecule has 0 aliphatic carbocycles. The molecule has 0 aliphatic rings. The molecule has 29 heavy (non-hydrogen) atoms. The number of carbonyl (C=O) groups is 1. The molecular weight excluding hydrogens is 370 g/mol. The SMILES string of the molecule is COc1ccc(OC)c(C(=O)Nc2cccc(-c3ccc4nnc(C)n4n3)c2)c1. The van der Waals surface area contributed by atoms with Crippen LogP contribution in [0.1, 0.15) is 16.2 Å². The van der Waals surface area contributed by atoms with Gasteiger partial charge in [0.2, 0.25) is 0 Å². The van der Waals surface area contributed by atoms with Crippen molar-refractivity contribution in [1.29, 1.82) is 0 Å². The number of anilines is 1. The molecule has 2 heterocycles. The maximum absolute atomic E-state index is 12.8. The van der Waals surface area contributed by atoms with Crippen molar-refractivity contribution in [3.8, 4) is 22.8 Å². The second kappa shape index (κ2) is 7.59. The third kappa shape index (κ3) is 3.60. The normalized spacial score (nSPS) is 10.7. The highest BCUT2D eigenvalue weighted by atomic mass is 16.5. The highest BCUT2D eigenvalue weighted by molar-refractivity contribution is 6.06. The van der Waals surface area contributed by atoms with E-state index in [1.165, 1.54) is 7.11 Å². The van der Waals surface area contributed by atoms with Crippen molar-refractivity contribution in [3.63, 3.8) is 0 Å². The van der Waals surface area contributed by atoms with Gasteiger partial charge in [-0.25, -0.2) is 0 Å². The summed E-state index contributed by atoms with van der Waals surface area (Å²) >= 11 is 0. The first-order chi connectivity index (χ1) is 14.1. The molecule has 2 aromatic heterocycles. The number of aromatic nitrogens is 4. The molecule has 4 rings (SSSR count). The monoisotopic (exact) mass is 389 g/mol. The van der Waals surface area contributed by atoms with Crippen LogP contribution in [0.25, 0.3) is 16.9 Å². The zero-order valence-electron chi connectivity index (χ0n) is 16.2. The molecular formula is C21H19N5O3. The van der Waals surface area contributed by atoms with Crippen molar-refractivity contribution >= 4 is 17.2 Å². The topological polar surface area (TPSA) is 90.6 Å². The Morgan fingerprint density at radius 1 is 1.00 bits per heavy atom. The molecule has 8 nitrogen and oxygen atoms in total. The van der Waals surface area contributed by atoms with Gasteiger partial charge in [0, 0.05) is 11.3 Å². The van der Waals surface area contributed by atoms with Gasteiger partial charge in [-0.05, 0) is 49.4 Å². The van der Waals surface area contributed by atoms with Crippen molar-refractivity contribution in [2.24, 2.45) is 0 Å². The Kier molecular flexibility index (Phi) is 4.82. The van der Waals surface area contributed by atoms with E-state index < -0.39 is 0 Å². The summed E-state index contributed by atoms with van der Waals surface area (Å²) in [4.78, 5) is 12.8. The van der Waals surface area contributed by atoms with Crippen LogP contribution >= 0.6 is 0 Å². The van der Waals surface area contributed by atoms with E-state index in [-0.39, 0.29) is 5.91 Å². The summed E-state index contributed by atoms with van der Waals surface area (Å²) in [6, 6.07) is 16.3. The summed E-state index contributed by atoms with van der Waals surface area (Å²) in [7, 11) is 3.07. The maximum atomic E-state index is 12.8. The quantitative estimate of drug-likeness (QED) is 0.563. The zero-order chi connectivity index (χ0) is 20.4. The molecule has 0 spiro atoms. The molecule has 8 heteroatoms. The van der Waals surface area contributed by atoms with Gasteiger partial charge in [-0.15, -0.1) is 10.2 Å². The van der Waals surface area contributed by atoms with E-state index in [4.69, 9.17) is 9.47 Å². The summed E-state index contributed by atoms with van der Waals surface area (Å²) in [5.41, 5.74) is 3.31. The molecule has 2 aromatic carbocycles. The van der Waals surface area contributed by atoms with E-state index >= 15 is 0 Å². The molecule has 0 radical (unpaired) electrons. The van der Waals surface area contributed by atoms with Gasteiger partial charge in [-0.2, -0.15) is 9.61 Å². The molecule has 0 fully saturated rings. The van der Waals surface area contributed by atoms with E-state index in [9.17, 15) is 4.79 Å². The molecule has 146 valence electrons. The number of hydrogen-bond acceptors (Lipinski definition) is 6. The van der Waals surface area contributed by atoms with Crippen LogP contribution in [0.15, 0.2) is 54.6 Å². The lowest BCUT2D eigenvalue weighted by Crippen LogP contribution is -2.13. The van der Waals surface area contributed by atoms with Gasteiger partial charge in [0.15, 0.2) is 11.5 Å². The predicted molar refractivity (Wildman–Crippen MR) is 108 cm³/mol. The summed E-state index contributed by atoms with van der Waals surface area (Å²) < 4.78 is 12.2. The molecule has 4 aromatic rings. The number of carbonyl (C=O) groups excluding carboxylic acids is 1. The average Bonchev–Trinajstić information content (AvgIpc) is 3.13. The molecule has 0 unspecified atom stereocenters. The lowest BCUT2D eigenvalue weighted by molar-refractivity contribution is 0.102. The Morgan fingerprint density at radius 3 is 2.66 bits per heavy atom. The highest BCUT2D eigenvalue weighted by Crippen LogP contribution is 2.26. The molecule has 1 N–H and O–H groups in total. The van der Waals surface area contributed by atoms with Gasteiger partial charge in [-0.1, -0.05) is 12.1 Å². The third-order valence-electron chi connectivity index (χ3n) is 4.49. The van der Waals surface area contributed by atoms with Crippen LogP contribution in [0.5, 0.6) is 11.5 Å². The predicted octanol–water partition coefficient (Wildman–Crippen LogP) is 3.37. The standard InChI is InChI=1S/C21H19N5O3/c1-13-23-24-20-10-8-18(25-26(13)20)14-5-4-6-15(11-14)22-21(27)17-12-16(28-2)7-9-19(17)29-3/h4-12H,1-3H3,(H,22,27). The fraction of sp³-hybridized carbons (Fsp3) is 0.143. The molecule has 0 atom stereocenters. The second-order valence-electron chi connectivity index (χ2n) is 6.34. The van der Waals surface area contributed by atoms with Crippen LogP contribution < -0.4 is 14.8 Å². The average molecular weight is 389 g/mol. The largest absolute Gasteiger partial charge is 0.497 e. The van der Waals surface area contributed by atoms with Crippen LogP contribution in [0.2, 0.25) is 0 Å². The summed E-state index contributed by atoms with van der Waals surface area (Å²) in [6.07, 6.45) is 0. The van der Waals surface area contributed by atoms with Crippen molar-refractivity contribution in [2.45, 2.75) is 6.92 Å². The molecule has 0 aliphatic heterocycles. The first-order valence-corrected chi connectivity index (χ1v) is 8.92. The van der Waals surface area contributed by atoms with Gasteiger partial charge in [0.25, 0.3) is 5.91 Å². The molecule has 0 bridgehead atoms. The number of aryl methyl sites for hydroxylation is 1. The van der Waals surface area contributed by atoms with E-state index in [1.54, 1.807) is 29.8 Å². The number of nitrogens with one attached hydrogen (secondary N) is 1. The highest BCUT2D eigenvalue weighted by Gasteiger charge is 2.14. The Labute approximate surface area is 167 Å². The van der Waals surface area contributed by atoms with Crippen LogP contribution in [0.3, 0.4) is 0 Å². The van der Waals surface area contributed by atoms with Gasteiger partial charge in [-0.3, -0.25) is 4.79 Å². The maximum Gasteiger partial charge on any atom is 0.259 e. The van der Waals surface area contributed by atoms with Gasteiger partial charge in [0.05, 0.1) is 25.5 Å². The van der Waals surface area contributed by atoms with Crippen molar-refractivity contribution < 1.29 is 14.3 Å². The van der Waals surface area contributed by atoms with E-state index in [0.29, 0.717) is 34.2 Å². The fourth-order valence-corrected chi connectivity index (χ4v) is 3.00. The van der Waals surface area contributed by atoms with Crippen LogP contribution in [0.4, 0.5) is 5.69 Å². The minimum Gasteiger partial charge on any atom is -0.497 e. The number of nitrogens with zero attached hydrogens (tertiary/aromatic N) is 4. The summed E-state index contributed by atoms with van der Waals surface area (Å²) in [6.45, 7) is 1.84. The minimum atomic E-state index is -0.295. The Hall–Kier alpha value is -3.94. The lowest BCUT2D eigenvalue weighted by atomic mass is 10.1. The van der Waals surface area contributed by atoms with E-state index in [1.807, 2.05) is 43.3 Å². The fourth-order valence-electron chi connectivity index (χ4n) is 3.00. The third-order valence-corrected chi connectivity index (χ3v) is 4.49. The first-order valence-electron chi connectivity index (χ1n) is 8.92. The van der Waals surface area contributed by atoms with E-state index in [2.05, 4.69) is 20.6 Å². The second-order valence-corrected chi connectivity index (χ2v) is 6.34. The minimum absolute atomic E-state index is 0.295. The number of rotatable bonds is 5. The van der Waals surface area contributed by atoms with Crippen LogP contribution in [-0.2, 0) is 0 Å². The van der Waals surface area contributed by atoms with Gasteiger partial charge in [0.1, 0.15) is 11.5 Å². The Balaban J connectivity index is 1.63. The molecule has 1 amide bonds. The first kappa shape index (κ1) is 18.4. The van der Waals surface area contributed by atoms with E-state index in [0.717, 1.165) is 11.3 Å².